The summed E-state index contributed by atoms with van der Waals surface area (Å²) in [7, 11) is 0. The molecule has 0 amide bonds. The second kappa shape index (κ2) is 5.20. The smallest absolute Gasteiger partial charge is 0.0690 e. The van der Waals surface area contributed by atoms with Gasteiger partial charge in [-0.05, 0) is 68.3 Å². The van der Waals surface area contributed by atoms with Crippen molar-refractivity contribution in [3.8, 4) is 0 Å². The van der Waals surface area contributed by atoms with Gasteiger partial charge in [0.1, 0.15) is 0 Å². The first kappa shape index (κ1) is 11.9. The highest BCUT2D eigenvalue weighted by Crippen LogP contribution is 2.38. The minimum absolute atomic E-state index is 0.726. The van der Waals surface area contributed by atoms with Crippen LogP contribution in [0.1, 0.15) is 43.6 Å². The third-order valence-corrected chi connectivity index (χ3v) is 5.20. The topological polar surface area (TPSA) is 0 Å². The average Bonchev–Trinajstić information content (AvgIpc) is 2.26. The molecular formula is C12H13Br2Cl. The first-order valence-corrected chi connectivity index (χ1v) is 7.29. The van der Waals surface area contributed by atoms with Crippen molar-refractivity contribution in [3.63, 3.8) is 0 Å². The maximum atomic E-state index is 6.09. The molecule has 0 saturated heterocycles. The fourth-order valence-corrected chi connectivity index (χ4v) is 3.58. The lowest BCUT2D eigenvalue weighted by molar-refractivity contribution is 0.443. The zero-order valence-electron chi connectivity index (χ0n) is 8.40. The summed E-state index contributed by atoms with van der Waals surface area (Å²) < 4.78 is 2.00. The molecule has 0 aromatic heterocycles. The molecule has 0 nitrogen and oxygen atoms in total. The minimum Gasteiger partial charge on any atom is -0.0819 e. The Bertz CT molecular complexity index is 334. The van der Waals surface area contributed by atoms with Gasteiger partial charge in [-0.25, -0.2) is 0 Å². The standard InChI is InChI=1S/C12H13Br2Cl/c13-10-6-9(7-11(14)12(10)15)8-4-2-1-3-5-8/h6-8H,1-5H2. The number of rotatable bonds is 1. The van der Waals surface area contributed by atoms with E-state index in [0.29, 0.717) is 0 Å². The van der Waals surface area contributed by atoms with E-state index in [4.69, 9.17) is 11.6 Å². The van der Waals surface area contributed by atoms with E-state index in [0.717, 1.165) is 19.9 Å². The number of halogens is 3. The van der Waals surface area contributed by atoms with Crippen LogP contribution in [0.3, 0.4) is 0 Å². The van der Waals surface area contributed by atoms with Crippen molar-refractivity contribution in [2.75, 3.05) is 0 Å². The summed E-state index contributed by atoms with van der Waals surface area (Å²) in [4.78, 5) is 0. The lowest BCUT2D eigenvalue weighted by atomic mass is 9.84. The summed E-state index contributed by atoms with van der Waals surface area (Å²) in [6.45, 7) is 0. The summed E-state index contributed by atoms with van der Waals surface area (Å²) in [5.41, 5.74) is 1.41. The highest BCUT2D eigenvalue weighted by molar-refractivity contribution is 9.11. The van der Waals surface area contributed by atoms with Gasteiger partial charge in [-0.2, -0.15) is 0 Å². The van der Waals surface area contributed by atoms with Gasteiger partial charge in [0.05, 0.1) is 5.02 Å². The van der Waals surface area contributed by atoms with Crippen molar-refractivity contribution in [2.45, 2.75) is 38.0 Å². The summed E-state index contributed by atoms with van der Waals surface area (Å²) >= 11 is 13.1. The van der Waals surface area contributed by atoms with Crippen molar-refractivity contribution in [3.05, 3.63) is 31.7 Å². The Labute approximate surface area is 113 Å². The van der Waals surface area contributed by atoms with Crippen LogP contribution < -0.4 is 0 Å². The summed E-state index contributed by atoms with van der Waals surface area (Å²) in [5.74, 6) is 0.726. The molecule has 0 heterocycles. The van der Waals surface area contributed by atoms with Crippen LogP contribution in [0.2, 0.25) is 5.02 Å². The molecule has 0 spiro atoms. The molecule has 0 unspecified atom stereocenters. The van der Waals surface area contributed by atoms with Gasteiger partial charge in [0.15, 0.2) is 0 Å². The third-order valence-electron chi connectivity index (χ3n) is 3.08. The first-order valence-electron chi connectivity index (χ1n) is 5.33. The van der Waals surface area contributed by atoms with E-state index in [-0.39, 0.29) is 0 Å². The molecule has 2 rings (SSSR count). The largest absolute Gasteiger partial charge is 0.0819 e. The SMILES string of the molecule is Clc1c(Br)cc(C2CCCCC2)cc1Br. The second-order valence-corrected chi connectivity index (χ2v) is 6.22. The fourth-order valence-electron chi connectivity index (χ4n) is 2.25. The normalized spacial score (nSPS) is 18.1. The van der Waals surface area contributed by atoms with Crippen molar-refractivity contribution in [1.29, 1.82) is 0 Å². The molecule has 1 fully saturated rings. The van der Waals surface area contributed by atoms with Gasteiger partial charge in [0, 0.05) is 8.95 Å². The molecule has 0 atom stereocenters. The van der Waals surface area contributed by atoms with Crippen LogP contribution in [0.25, 0.3) is 0 Å². The van der Waals surface area contributed by atoms with E-state index >= 15 is 0 Å². The van der Waals surface area contributed by atoms with Crippen LogP contribution in [-0.2, 0) is 0 Å². The Morgan fingerprint density at radius 1 is 1.00 bits per heavy atom. The third kappa shape index (κ3) is 2.78. The number of hydrogen-bond donors (Lipinski definition) is 0. The molecule has 15 heavy (non-hydrogen) atoms. The summed E-state index contributed by atoms with van der Waals surface area (Å²) in [5, 5.41) is 0.773. The van der Waals surface area contributed by atoms with E-state index in [1.807, 2.05) is 0 Å². The Kier molecular flexibility index (Phi) is 4.14. The Morgan fingerprint density at radius 2 is 1.53 bits per heavy atom. The lowest BCUT2D eigenvalue weighted by Gasteiger charge is -2.22. The maximum Gasteiger partial charge on any atom is 0.0690 e. The lowest BCUT2D eigenvalue weighted by Crippen LogP contribution is -2.04. The van der Waals surface area contributed by atoms with Crippen LogP contribution in [0.15, 0.2) is 21.1 Å². The molecule has 82 valence electrons. The highest BCUT2D eigenvalue weighted by Gasteiger charge is 2.17. The number of benzene rings is 1. The van der Waals surface area contributed by atoms with Gasteiger partial charge in [-0.3, -0.25) is 0 Å². The molecule has 1 aliphatic carbocycles. The van der Waals surface area contributed by atoms with Crippen molar-refractivity contribution in [2.24, 2.45) is 0 Å². The fraction of sp³-hybridized carbons (Fsp3) is 0.500. The van der Waals surface area contributed by atoms with Crippen LogP contribution in [0.5, 0.6) is 0 Å². The summed E-state index contributed by atoms with van der Waals surface area (Å²) in [6.07, 6.45) is 6.76. The quantitative estimate of drug-likeness (QED) is 0.551. The van der Waals surface area contributed by atoms with Crippen LogP contribution in [-0.4, -0.2) is 0 Å². The van der Waals surface area contributed by atoms with Gasteiger partial charge in [0.25, 0.3) is 0 Å². The zero-order chi connectivity index (χ0) is 10.8. The zero-order valence-corrected chi connectivity index (χ0v) is 12.3. The molecule has 0 N–H and O–H groups in total. The van der Waals surface area contributed by atoms with Crippen molar-refractivity contribution >= 4 is 43.5 Å². The molecule has 0 radical (unpaired) electrons. The van der Waals surface area contributed by atoms with Gasteiger partial charge in [0.2, 0.25) is 0 Å². The van der Waals surface area contributed by atoms with E-state index in [9.17, 15) is 0 Å². The molecule has 1 aromatic carbocycles. The van der Waals surface area contributed by atoms with E-state index in [1.165, 1.54) is 37.7 Å². The minimum atomic E-state index is 0.726. The molecule has 3 heteroatoms. The van der Waals surface area contributed by atoms with Crippen LogP contribution in [0, 0.1) is 0 Å². The molecular weight excluding hydrogens is 339 g/mol. The molecule has 0 bridgehead atoms. The Hall–Kier alpha value is 0.470. The van der Waals surface area contributed by atoms with Gasteiger partial charge >= 0.3 is 0 Å². The predicted molar refractivity (Wildman–Crippen MR) is 72.7 cm³/mol. The maximum absolute atomic E-state index is 6.09. The van der Waals surface area contributed by atoms with E-state index in [2.05, 4.69) is 44.0 Å². The molecule has 1 saturated carbocycles. The first-order chi connectivity index (χ1) is 7.18. The number of hydrogen-bond acceptors (Lipinski definition) is 0. The average molecular weight is 352 g/mol. The summed E-state index contributed by atoms with van der Waals surface area (Å²) in [6, 6.07) is 4.34. The highest BCUT2D eigenvalue weighted by atomic mass is 79.9. The van der Waals surface area contributed by atoms with Crippen molar-refractivity contribution in [1.82, 2.24) is 0 Å². The van der Waals surface area contributed by atoms with Crippen LogP contribution >= 0.6 is 43.5 Å². The Morgan fingerprint density at radius 3 is 2.07 bits per heavy atom. The van der Waals surface area contributed by atoms with Gasteiger partial charge < -0.3 is 0 Å². The van der Waals surface area contributed by atoms with Crippen molar-refractivity contribution < 1.29 is 0 Å². The van der Waals surface area contributed by atoms with E-state index < -0.39 is 0 Å². The molecule has 1 aliphatic rings. The van der Waals surface area contributed by atoms with Gasteiger partial charge in [-0.1, -0.05) is 30.9 Å². The van der Waals surface area contributed by atoms with Gasteiger partial charge in [-0.15, -0.1) is 0 Å². The second-order valence-electron chi connectivity index (χ2n) is 4.13. The van der Waals surface area contributed by atoms with Crippen LogP contribution in [0.4, 0.5) is 0 Å². The molecule has 1 aromatic rings. The Balaban J connectivity index is 2.27. The molecule has 0 aliphatic heterocycles. The monoisotopic (exact) mass is 350 g/mol. The predicted octanol–water partition coefficient (Wildman–Crippen LogP) is 5.91. The van der Waals surface area contributed by atoms with E-state index in [1.54, 1.807) is 0 Å².